The molecule has 6 heteroatoms. The summed E-state index contributed by atoms with van der Waals surface area (Å²) in [6, 6.07) is 12.8. The Kier molecular flexibility index (Phi) is 5.16. The molecular weight excluding hydrogens is 343 g/mol. The van der Waals surface area contributed by atoms with Crippen molar-refractivity contribution in [3.63, 3.8) is 0 Å². The summed E-state index contributed by atoms with van der Waals surface area (Å²) >= 11 is 2.97. The number of nitrogens with zero attached hydrogens (tertiary/aromatic N) is 2. The molecule has 3 nitrogen and oxygen atoms in total. The number of hydrogen-bond donors (Lipinski definition) is 0. The van der Waals surface area contributed by atoms with E-state index >= 15 is 0 Å². The van der Waals surface area contributed by atoms with Gasteiger partial charge in [-0.25, -0.2) is 4.39 Å². The van der Waals surface area contributed by atoms with Crippen LogP contribution in [0.1, 0.15) is 12.0 Å². The van der Waals surface area contributed by atoms with Crippen LogP contribution in [-0.2, 0) is 11.8 Å². The van der Waals surface area contributed by atoms with Crippen LogP contribution in [0.2, 0.25) is 0 Å². The van der Waals surface area contributed by atoms with Crippen LogP contribution in [0.25, 0.3) is 10.2 Å². The number of carbonyl (C=O) groups excluding carboxylic acids is 1. The molecule has 1 amide bonds. The lowest BCUT2D eigenvalue weighted by Gasteiger charge is -2.00. The molecule has 3 rings (SSSR count). The second-order valence-corrected chi connectivity index (χ2v) is 7.65. The highest BCUT2D eigenvalue weighted by Crippen LogP contribution is 2.20. The summed E-state index contributed by atoms with van der Waals surface area (Å²) in [4.78, 5) is 18.0. The first-order valence-electron chi connectivity index (χ1n) is 7.55. The first-order valence-corrected chi connectivity index (χ1v) is 9.35. The van der Waals surface area contributed by atoms with Crippen molar-refractivity contribution in [2.24, 2.45) is 12.0 Å². The van der Waals surface area contributed by atoms with E-state index in [1.54, 1.807) is 17.8 Å². The average Bonchev–Trinajstić information content (AvgIpc) is 2.84. The molecule has 0 fully saturated rings. The number of hydrogen-bond acceptors (Lipinski definition) is 3. The van der Waals surface area contributed by atoms with Crippen molar-refractivity contribution in [1.82, 2.24) is 4.57 Å². The van der Waals surface area contributed by atoms with E-state index in [4.69, 9.17) is 0 Å². The molecule has 0 atom stereocenters. The molecule has 24 heavy (non-hydrogen) atoms. The van der Waals surface area contributed by atoms with E-state index in [1.807, 2.05) is 18.5 Å². The van der Waals surface area contributed by atoms with Gasteiger partial charge in [0, 0.05) is 24.1 Å². The summed E-state index contributed by atoms with van der Waals surface area (Å²) in [5.41, 5.74) is 2.10. The molecule has 0 aliphatic rings. The Bertz CT molecular complexity index is 942. The maximum Gasteiger partial charge on any atom is 0.249 e. The van der Waals surface area contributed by atoms with Gasteiger partial charge in [0.25, 0.3) is 0 Å². The Morgan fingerprint density at radius 3 is 2.75 bits per heavy atom. The fourth-order valence-electron chi connectivity index (χ4n) is 2.27. The Balaban J connectivity index is 1.68. The summed E-state index contributed by atoms with van der Waals surface area (Å²) in [6.45, 7) is 2.05. The number of amides is 1. The molecule has 0 saturated carbocycles. The number of aromatic nitrogens is 1. The van der Waals surface area contributed by atoms with Gasteiger partial charge in [-0.15, -0.1) is 11.8 Å². The van der Waals surface area contributed by atoms with E-state index in [-0.39, 0.29) is 11.7 Å². The van der Waals surface area contributed by atoms with Crippen LogP contribution >= 0.6 is 23.1 Å². The maximum atomic E-state index is 13.3. The monoisotopic (exact) mass is 360 g/mol. The molecule has 1 heterocycles. The smallest absolute Gasteiger partial charge is 0.249 e. The average molecular weight is 360 g/mol. The van der Waals surface area contributed by atoms with Crippen molar-refractivity contribution in [3.8, 4) is 0 Å². The lowest BCUT2D eigenvalue weighted by atomic mass is 10.2. The number of carbonyl (C=O) groups is 1. The van der Waals surface area contributed by atoms with E-state index in [2.05, 4.69) is 29.3 Å². The molecule has 0 aliphatic heterocycles. The Labute approximate surface area is 147 Å². The molecule has 1 aromatic heterocycles. The molecule has 0 bridgehead atoms. The lowest BCUT2D eigenvalue weighted by molar-refractivity contribution is -0.117. The molecule has 3 aromatic rings. The van der Waals surface area contributed by atoms with Gasteiger partial charge in [0.1, 0.15) is 5.82 Å². The SMILES string of the molecule is Cc1ccc(SCCC(=O)N=c2sc3cc(F)ccc3n2C)cc1. The Hall–Kier alpha value is -1.92. The van der Waals surface area contributed by atoms with E-state index in [0.29, 0.717) is 17.0 Å². The van der Waals surface area contributed by atoms with Gasteiger partial charge in [0.05, 0.1) is 10.2 Å². The zero-order chi connectivity index (χ0) is 17.1. The lowest BCUT2D eigenvalue weighted by Crippen LogP contribution is -2.13. The van der Waals surface area contributed by atoms with Gasteiger partial charge in [0.15, 0.2) is 4.80 Å². The van der Waals surface area contributed by atoms with Crippen LogP contribution in [0.4, 0.5) is 4.39 Å². The standard InChI is InChI=1S/C18H17FN2OS2/c1-12-3-6-14(7-4-12)23-10-9-17(22)20-18-21(2)15-8-5-13(19)11-16(15)24-18/h3-8,11H,9-10H2,1-2H3. The normalized spacial score (nSPS) is 12.0. The Morgan fingerprint density at radius 2 is 2.00 bits per heavy atom. The largest absolute Gasteiger partial charge is 0.319 e. The quantitative estimate of drug-likeness (QED) is 0.650. The van der Waals surface area contributed by atoms with E-state index < -0.39 is 0 Å². The maximum absolute atomic E-state index is 13.3. The fourth-order valence-corrected chi connectivity index (χ4v) is 4.17. The first-order chi connectivity index (χ1) is 11.5. The van der Waals surface area contributed by atoms with E-state index in [9.17, 15) is 9.18 Å². The van der Waals surface area contributed by atoms with Crippen LogP contribution in [0, 0.1) is 12.7 Å². The summed E-state index contributed by atoms with van der Waals surface area (Å²) < 4.78 is 15.9. The summed E-state index contributed by atoms with van der Waals surface area (Å²) in [5.74, 6) is 0.253. The highest BCUT2D eigenvalue weighted by atomic mass is 32.2. The molecule has 0 N–H and O–H groups in total. The van der Waals surface area contributed by atoms with E-state index in [0.717, 1.165) is 15.1 Å². The zero-order valence-corrected chi connectivity index (χ0v) is 15.1. The third-order valence-corrected chi connectivity index (χ3v) is 5.71. The second kappa shape index (κ2) is 7.32. The minimum absolute atomic E-state index is 0.155. The van der Waals surface area contributed by atoms with Crippen molar-refractivity contribution >= 4 is 39.2 Å². The predicted molar refractivity (Wildman–Crippen MR) is 97.8 cm³/mol. The third-order valence-electron chi connectivity index (χ3n) is 3.60. The van der Waals surface area contributed by atoms with Gasteiger partial charge in [-0.3, -0.25) is 4.79 Å². The fraction of sp³-hybridized carbons (Fsp3) is 0.222. The molecule has 2 aromatic carbocycles. The summed E-state index contributed by atoms with van der Waals surface area (Å²) in [6.07, 6.45) is 0.376. The molecular formula is C18H17FN2OS2. The van der Waals surface area contributed by atoms with Crippen LogP contribution in [-0.4, -0.2) is 16.2 Å². The first kappa shape index (κ1) is 16.9. The summed E-state index contributed by atoms with van der Waals surface area (Å²) in [5, 5.41) is 0. The number of halogens is 1. The van der Waals surface area contributed by atoms with Crippen LogP contribution < -0.4 is 4.80 Å². The highest BCUT2D eigenvalue weighted by molar-refractivity contribution is 7.99. The van der Waals surface area contributed by atoms with Gasteiger partial charge in [-0.2, -0.15) is 4.99 Å². The molecule has 0 radical (unpaired) electrons. The number of thiazole rings is 1. The molecule has 0 aliphatic carbocycles. The van der Waals surface area contributed by atoms with E-state index in [1.165, 1.54) is 29.0 Å². The number of rotatable bonds is 4. The number of aryl methyl sites for hydroxylation is 2. The molecule has 124 valence electrons. The summed E-state index contributed by atoms with van der Waals surface area (Å²) in [7, 11) is 1.84. The van der Waals surface area contributed by atoms with Crippen molar-refractivity contribution in [3.05, 3.63) is 58.6 Å². The van der Waals surface area contributed by atoms with Gasteiger partial charge in [-0.1, -0.05) is 29.0 Å². The number of thioether (sulfide) groups is 1. The minimum atomic E-state index is -0.281. The van der Waals surface area contributed by atoms with Crippen molar-refractivity contribution in [1.29, 1.82) is 0 Å². The third kappa shape index (κ3) is 3.94. The zero-order valence-electron chi connectivity index (χ0n) is 13.5. The second-order valence-electron chi connectivity index (χ2n) is 5.47. The highest BCUT2D eigenvalue weighted by Gasteiger charge is 2.06. The Morgan fingerprint density at radius 1 is 1.25 bits per heavy atom. The number of fused-ring (bicyclic) bond motifs is 1. The molecule has 0 unspecified atom stereocenters. The van der Waals surface area contributed by atoms with Gasteiger partial charge in [-0.05, 0) is 37.3 Å². The minimum Gasteiger partial charge on any atom is -0.319 e. The van der Waals surface area contributed by atoms with Gasteiger partial charge in [0.2, 0.25) is 5.91 Å². The molecule has 0 saturated heterocycles. The van der Waals surface area contributed by atoms with Crippen LogP contribution in [0.15, 0.2) is 52.4 Å². The van der Waals surface area contributed by atoms with Crippen LogP contribution in [0.3, 0.4) is 0 Å². The van der Waals surface area contributed by atoms with Crippen molar-refractivity contribution in [2.75, 3.05) is 5.75 Å². The van der Waals surface area contributed by atoms with Crippen LogP contribution in [0.5, 0.6) is 0 Å². The topological polar surface area (TPSA) is 34.4 Å². The van der Waals surface area contributed by atoms with Gasteiger partial charge < -0.3 is 4.57 Å². The molecule has 0 spiro atoms. The van der Waals surface area contributed by atoms with Crippen molar-refractivity contribution in [2.45, 2.75) is 18.2 Å². The number of benzene rings is 2. The predicted octanol–water partition coefficient (Wildman–Crippen LogP) is 4.30. The van der Waals surface area contributed by atoms with Gasteiger partial charge >= 0.3 is 0 Å². The van der Waals surface area contributed by atoms with Crippen molar-refractivity contribution < 1.29 is 9.18 Å².